The van der Waals surface area contributed by atoms with Gasteiger partial charge in [0.25, 0.3) is 0 Å². The molecule has 0 saturated carbocycles. The number of halogens is 4. The lowest BCUT2D eigenvalue weighted by Crippen LogP contribution is -2.06. The van der Waals surface area contributed by atoms with Gasteiger partial charge in [0.1, 0.15) is 17.1 Å². The second-order valence-corrected chi connectivity index (χ2v) is 2.85. The van der Waals surface area contributed by atoms with E-state index in [9.17, 15) is 18.0 Å². The number of benzene rings is 1. The quantitative estimate of drug-likeness (QED) is 0.884. The molecule has 1 rings (SSSR count). The van der Waals surface area contributed by atoms with Crippen molar-refractivity contribution >= 4 is 17.6 Å². The second-order valence-electron chi connectivity index (χ2n) is 2.45. The van der Waals surface area contributed by atoms with Gasteiger partial charge in [0.05, 0.1) is 5.02 Å². The fourth-order valence-corrected chi connectivity index (χ4v) is 1.20. The van der Waals surface area contributed by atoms with Gasteiger partial charge >= 0.3 is 12.6 Å². The highest BCUT2D eigenvalue weighted by Crippen LogP contribution is 2.26. The summed E-state index contributed by atoms with van der Waals surface area (Å²) in [6.45, 7) is -3.13. The molecule has 82 valence electrons. The van der Waals surface area contributed by atoms with Gasteiger partial charge < -0.3 is 9.84 Å². The fraction of sp³-hybridized carbons (Fsp3) is 0.125. The summed E-state index contributed by atoms with van der Waals surface area (Å²) in [7, 11) is 0. The standard InChI is InChI=1S/C8H4ClF3O3/c9-4-1-3(15-8(11)12)2-5(10)6(4)7(13)14/h1-2,8H,(H,13,14). The third-order valence-electron chi connectivity index (χ3n) is 1.45. The van der Waals surface area contributed by atoms with Crippen LogP contribution in [0.1, 0.15) is 10.4 Å². The van der Waals surface area contributed by atoms with Gasteiger partial charge in [0, 0.05) is 12.1 Å². The summed E-state index contributed by atoms with van der Waals surface area (Å²) in [6, 6.07) is 1.34. The predicted molar refractivity (Wildman–Crippen MR) is 45.0 cm³/mol. The Balaban J connectivity index is 3.14. The molecule has 3 nitrogen and oxygen atoms in total. The van der Waals surface area contributed by atoms with Crippen molar-refractivity contribution in [2.45, 2.75) is 6.61 Å². The summed E-state index contributed by atoms with van der Waals surface area (Å²) in [6.07, 6.45) is 0. The number of hydrogen-bond donors (Lipinski definition) is 1. The third-order valence-corrected chi connectivity index (χ3v) is 1.75. The number of alkyl halides is 2. The first-order chi connectivity index (χ1) is 6.91. The topological polar surface area (TPSA) is 46.5 Å². The Labute approximate surface area is 87.0 Å². The number of carbonyl (C=O) groups is 1. The Morgan fingerprint density at radius 1 is 1.47 bits per heavy atom. The molecular weight excluding hydrogens is 237 g/mol. The zero-order valence-corrected chi connectivity index (χ0v) is 7.76. The van der Waals surface area contributed by atoms with Crippen molar-refractivity contribution in [3.63, 3.8) is 0 Å². The summed E-state index contributed by atoms with van der Waals surface area (Å²) < 4.78 is 40.4. The summed E-state index contributed by atoms with van der Waals surface area (Å²) >= 11 is 5.37. The molecule has 0 fully saturated rings. The summed E-state index contributed by atoms with van der Waals surface area (Å²) in [5.41, 5.74) is -0.779. The number of hydrogen-bond acceptors (Lipinski definition) is 2. The van der Waals surface area contributed by atoms with Gasteiger partial charge in [-0.2, -0.15) is 8.78 Å². The number of ether oxygens (including phenoxy) is 1. The van der Waals surface area contributed by atoms with E-state index in [2.05, 4.69) is 4.74 Å². The van der Waals surface area contributed by atoms with Crippen LogP contribution in [0.15, 0.2) is 12.1 Å². The van der Waals surface area contributed by atoms with Crippen LogP contribution >= 0.6 is 11.6 Å². The lowest BCUT2D eigenvalue weighted by atomic mass is 10.2. The van der Waals surface area contributed by atoms with Crippen LogP contribution in [0, 0.1) is 5.82 Å². The molecule has 7 heteroatoms. The van der Waals surface area contributed by atoms with Crippen LogP contribution in [0.4, 0.5) is 13.2 Å². The molecule has 0 radical (unpaired) electrons. The Hall–Kier alpha value is -1.43. The summed E-state index contributed by atoms with van der Waals surface area (Å²) in [4.78, 5) is 10.5. The highest BCUT2D eigenvalue weighted by molar-refractivity contribution is 6.33. The maximum Gasteiger partial charge on any atom is 0.387 e. The maximum atomic E-state index is 13.0. The van der Waals surface area contributed by atoms with Crippen LogP contribution in [0.2, 0.25) is 5.02 Å². The van der Waals surface area contributed by atoms with Crippen molar-refractivity contribution in [1.29, 1.82) is 0 Å². The highest BCUT2D eigenvalue weighted by Gasteiger charge is 2.18. The molecule has 0 unspecified atom stereocenters. The molecule has 0 aromatic heterocycles. The zero-order valence-electron chi connectivity index (χ0n) is 7.01. The minimum Gasteiger partial charge on any atom is -0.478 e. The highest BCUT2D eigenvalue weighted by atomic mass is 35.5. The lowest BCUT2D eigenvalue weighted by molar-refractivity contribution is -0.0499. The molecule has 0 aliphatic carbocycles. The van der Waals surface area contributed by atoms with Crippen LogP contribution in [0.25, 0.3) is 0 Å². The van der Waals surface area contributed by atoms with Gasteiger partial charge in [-0.15, -0.1) is 0 Å². The van der Waals surface area contributed by atoms with E-state index in [0.29, 0.717) is 6.07 Å². The molecule has 0 bridgehead atoms. The van der Waals surface area contributed by atoms with Gasteiger partial charge in [-0.3, -0.25) is 0 Å². The van der Waals surface area contributed by atoms with E-state index in [4.69, 9.17) is 16.7 Å². The van der Waals surface area contributed by atoms with Gasteiger partial charge in [-0.25, -0.2) is 9.18 Å². The first kappa shape index (κ1) is 11.6. The number of carboxylic acids is 1. The normalized spacial score (nSPS) is 10.5. The Bertz CT molecular complexity index is 372. The van der Waals surface area contributed by atoms with Gasteiger partial charge in [-0.1, -0.05) is 11.6 Å². The average Bonchev–Trinajstić information content (AvgIpc) is 1.99. The van der Waals surface area contributed by atoms with Gasteiger partial charge in [-0.05, 0) is 0 Å². The molecule has 1 aromatic carbocycles. The SMILES string of the molecule is O=C(O)c1c(F)cc(OC(F)F)cc1Cl. The fourth-order valence-electron chi connectivity index (χ4n) is 0.925. The van der Waals surface area contributed by atoms with Crippen LogP contribution in [0.3, 0.4) is 0 Å². The minimum atomic E-state index is -3.13. The Kier molecular flexibility index (Phi) is 3.41. The van der Waals surface area contributed by atoms with Crippen LogP contribution in [-0.4, -0.2) is 17.7 Å². The molecule has 1 N–H and O–H groups in total. The smallest absolute Gasteiger partial charge is 0.387 e. The summed E-state index contributed by atoms with van der Waals surface area (Å²) in [5, 5.41) is 8.00. The van der Waals surface area contributed by atoms with E-state index >= 15 is 0 Å². The van der Waals surface area contributed by atoms with E-state index in [-0.39, 0.29) is 0 Å². The van der Waals surface area contributed by atoms with Gasteiger partial charge in [0.2, 0.25) is 0 Å². The van der Waals surface area contributed by atoms with E-state index in [1.165, 1.54) is 0 Å². The molecule has 0 heterocycles. The number of rotatable bonds is 3. The zero-order chi connectivity index (χ0) is 11.6. The van der Waals surface area contributed by atoms with E-state index in [0.717, 1.165) is 6.07 Å². The summed E-state index contributed by atoms with van der Waals surface area (Å²) in [5.74, 6) is -3.34. The molecule has 15 heavy (non-hydrogen) atoms. The number of carboxylic acid groups (broad SMARTS) is 1. The molecule has 0 aliphatic heterocycles. The van der Waals surface area contributed by atoms with Crippen LogP contribution < -0.4 is 4.74 Å². The Morgan fingerprint density at radius 2 is 2.07 bits per heavy atom. The average molecular weight is 241 g/mol. The molecule has 0 aliphatic rings. The van der Waals surface area contributed by atoms with Crippen molar-refractivity contribution in [3.8, 4) is 5.75 Å². The molecule has 0 spiro atoms. The van der Waals surface area contributed by atoms with E-state index in [1.54, 1.807) is 0 Å². The predicted octanol–water partition coefficient (Wildman–Crippen LogP) is 2.78. The Morgan fingerprint density at radius 3 is 2.47 bits per heavy atom. The van der Waals surface area contributed by atoms with E-state index < -0.39 is 34.7 Å². The maximum absolute atomic E-state index is 13.0. The molecular formula is C8H4ClF3O3. The van der Waals surface area contributed by atoms with Crippen molar-refractivity contribution in [2.75, 3.05) is 0 Å². The minimum absolute atomic E-state index is 0.502. The van der Waals surface area contributed by atoms with Crippen molar-refractivity contribution < 1.29 is 27.8 Å². The second kappa shape index (κ2) is 4.39. The van der Waals surface area contributed by atoms with Crippen molar-refractivity contribution in [3.05, 3.63) is 28.5 Å². The molecule has 1 aromatic rings. The third kappa shape index (κ3) is 2.76. The first-order valence-corrected chi connectivity index (χ1v) is 3.96. The van der Waals surface area contributed by atoms with E-state index in [1.807, 2.05) is 0 Å². The van der Waals surface area contributed by atoms with Gasteiger partial charge in [0.15, 0.2) is 0 Å². The molecule has 0 atom stereocenters. The molecule has 0 amide bonds. The monoisotopic (exact) mass is 240 g/mol. The number of aromatic carboxylic acids is 1. The largest absolute Gasteiger partial charge is 0.478 e. The lowest BCUT2D eigenvalue weighted by Gasteiger charge is -2.06. The molecule has 0 saturated heterocycles. The van der Waals surface area contributed by atoms with Crippen LogP contribution in [0.5, 0.6) is 5.75 Å². The van der Waals surface area contributed by atoms with Crippen molar-refractivity contribution in [1.82, 2.24) is 0 Å². The van der Waals surface area contributed by atoms with Crippen LogP contribution in [-0.2, 0) is 0 Å². The first-order valence-electron chi connectivity index (χ1n) is 3.59. The van der Waals surface area contributed by atoms with Crippen molar-refractivity contribution in [2.24, 2.45) is 0 Å².